The summed E-state index contributed by atoms with van der Waals surface area (Å²) in [5.74, 6) is -1.63. The van der Waals surface area contributed by atoms with Crippen LogP contribution in [0.4, 0.5) is 11.5 Å². The highest BCUT2D eigenvalue weighted by atomic mass is 79.9. The monoisotopic (exact) mass is 385 g/mol. The third-order valence-electron chi connectivity index (χ3n) is 2.86. The first-order valence-electron chi connectivity index (χ1n) is 6.38. The minimum Gasteiger partial charge on any atom is -0.358 e. The summed E-state index contributed by atoms with van der Waals surface area (Å²) in [4.78, 5) is 34.0. The Bertz CT molecular complexity index is 781. The molecule has 11 nitrogen and oxygen atoms in total. The lowest BCUT2D eigenvalue weighted by molar-refractivity contribution is -0.390. The molecule has 0 unspecified atom stereocenters. The number of carbonyl (C=O) groups is 2. The quantitative estimate of drug-likeness (QED) is 0.514. The molecule has 23 heavy (non-hydrogen) atoms. The first-order chi connectivity index (χ1) is 10.9. The Kier molecular flexibility index (Phi) is 4.74. The maximum atomic E-state index is 12.2. The van der Waals surface area contributed by atoms with E-state index in [-0.39, 0.29) is 21.5 Å². The van der Waals surface area contributed by atoms with Gasteiger partial charge in [0.05, 0.1) is 5.69 Å². The Morgan fingerprint density at radius 2 is 2.13 bits per heavy atom. The van der Waals surface area contributed by atoms with Crippen LogP contribution >= 0.6 is 15.9 Å². The van der Waals surface area contributed by atoms with E-state index in [1.165, 1.54) is 17.9 Å². The van der Waals surface area contributed by atoms with Crippen molar-refractivity contribution in [2.45, 2.75) is 13.5 Å². The summed E-state index contributed by atoms with van der Waals surface area (Å²) in [6.07, 6.45) is 1.48. The molecule has 0 aliphatic carbocycles. The number of nitro groups is 1. The van der Waals surface area contributed by atoms with E-state index in [9.17, 15) is 19.7 Å². The van der Waals surface area contributed by atoms with Crippen LogP contribution in [0.5, 0.6) is 0 Å². The number of amides is 2. The van der Waals surface area contributed by atoms with Crippen LogP contribution in [0.1, 0.15) is 27.9 Å². The van der Waals surface area contributed by atoms with Crippen molar-refractivity contribution in [3.05, 3.63) is 32.2 Å². The average Bonchev–Trinajstić information content (AvgIpc) is 3.09. The zero-order valence-corrected chi connectivity index (χ0v) is 13.7. The van der Waals surface area contributed by atoms with E-state index in [4.69, 9.17) is 0 Å². The summed E-state index contributed by atoms with van der Waals surface area (Å²) in [6.45, 7) is 2.32. The molecule has 2 aromatic rings. The standard InChI is InChI=1S/C11H12BrN7O4/c1-3-18-4-5(7(17-18)10(20)13-2)14-11(21)8-6(12)9(16-15-8)19(22)23/h4H,3H2,1-2H3,(H,13,20)(H,14,21)(H,15,16). The highest BCUT2D eigenvalue weighted by molar-refractivity contribution is 9.10. The van der Waals surface area contributed by atoms with Crippen molar-refractivity contribution in [1.82, 2.24) is 25.3 Å². The number of aromatic amines is 1. The highest BCUT2D eigenvalue weighted by Crippen LogP contribution is 2.26. The van der Waals surface area contributed by atoms with Crippen LogP contribution in [0.2, 0.25) is 0 Å². The van der Waals surface area contributed by atoms with Crippen molar-refractivity contribution in [3.63, 3.8) is 0 Å². The van der Waals surface area contributed by atoms with Crippen LogP contribution in [0.15, 0.2) is 10.7 Å². The second kappa shape index (κ2) is 6.56. The molecule has 0 aliphatic heterocycles. The van der Waals surface area contributed by atoms with Gasteiger partial charge in [-0.3, -0.25) is 14.3 Å². The van der Waals surface area contributed by atoms with E-state index < -0.39 is 22.6 Å². The van der Waals surface area contributed by atoms with Gasteiger partial charge in [0, 0.05) is 19.8 Å². The number of anilines is 1. The van der Waals surface area contributed by atoms with Crippen LogP contribution in [-0.4, -0.2) is 43.8 Å². The number of carbonyl (C=O) groups excluding carboxylic acids is 2. The fourth-order valence-corrected chi connectivity index (χ4v) is 2.24. The number of hydrogen-bond donors (Lipinski definition) is 3. The summed E-state index contributed by atoms with van der Waals surface area (Å²) < 4.78 is 1.40. The predicted molar refractivity (Wildman–Crippen MR) is 82.2 cm³/mol. The zero-order chi connectivity index (χ0) is 17.1. The molecule has 0 aromatic carbocycles. The molecule has 0 bridgehead atoms. The van der Waals surface area contributed by atoms with Gasteiger partial charge in [0.1, 0.15) is 4.47 Å². The van der Waals surface area contributed by atoms with Gasteiger partial charge in [0.15, 0.2) is 11.4 Å². The third-order valence-corrected chi connectivity index (χ3v) is 3.61. The number of aryl methyl sites for hydroxylation is 1. The molecule has 0 atom stereocenters. The van der Waals surface area contributed by atoms with Gasteiger partial charge in [-0.05, 0) is 27.8 Å². The van der Waals surface area contributed by atoms with Gasteiger partial charge in [0.25, 0.3) is 11.8 Å². The second-order valence-electron chi connectivity index (χ2n) is 4.27. The molecule has 0 fully saturated rings. The topological polar surface area (TPSA) is 148 Å². The van der Waals surface area contributed by atoms with E-state index in [1.54, 1.807) is 0 Å². The van der Waals surface area contributed by atoms with Crippen LogP contribution in [0.3, 0.4) is 0 Å². The molecule has 2 aromatic heterocycles. The highest BCUT2D eigenvalue weighted by Gasteiger charge is 2.26. The molecule has 0 spiro atoms. The van der Waals surface area contributed by atoms with Gasteiger partial charge < -0.3 is 20.7 Å². The predicted octanol–water partition coefficient (Wildman–Crippen LogP) is 0.909. The van der Waals surface area contributed by atoms with Gasteiger partial charge in [-0.15, -0.1) is 5.10 Å². The van der Waals surface area contributed by atoms with E-state index >= 15 is 0 Å². The lowest BCUT2D eigenvalue weighted by Crippen LogP contribution is -2.21. The maximum Gasteiger partial charge on any atom is 0.357 e. The molecule has 0 aliphatic rings. The molecule has 3 N–H and O–H groups in total. The Morgan fingerprint density at radius 1 is 1.43 bits per heavy atom. The number of aromatic nitrogens is 4. The summed E-state index contributed by atoms with van der Waals surface area (Å²) in [5.41, 5.74) is 0.00131. The van der Waals surface area contributed by atoms with Crippen molar-refractivity contribution in [1.29, 1.82) is 0 Å². The molecule has 0 saturated heterocycles. The lowest BCUT2D eigenvalue weighted by Gasteiger charge is -2.02. The Morgan fingerprint density at radius 3 is 2.65 bits per heavy atom. The van der Waals surface area contributed by atoms with Crippen molar-refractivity contribution in [2.75, 3.05) is 12.4 Å². The smallest absolute Gasteiger partial charge is 0.357 e. The van der Waals surface area contributed by atoms with Gasteiger partial charge in [-0.2, -0.15) is 5.10 Å². The molecule has 2 amide bonds. The number of rotatable bonds is 5. The third kappa shape index (κ3) is 3.21. The van der Waals surface area contributed by atoms with Crippen molar-refractivity contribution in [2.24, 2.45) is 0 Å². The van der Waals surface area contributed by atoms with Crippen LogP contribution in [0, 0.1) is 10.1 Å². The minimum atomic E-state index is -0.720. The van der Waals surface area contributed by atoms with E-state index in [0.717, 1.165) is 0 Å². The van der Waals surface area contributed by atoms with E-state index in [2.05, 4.69) is 41.9 Å². The van der Waals surface area contributed by atoms with Gasteiger partial charge in [0.2, 0.25) is 0 Å². The molecule has 12 heteroatoms. The van der Waals surface area contributed by atoms with E-state index in [0.29, 0.717) is 6.54 Å². The number of halogens is 1. The molecule has 2 heterocycles. The SMILES string of the molecule is CCn1cc(NC(=O)c2n[nH]c([N+](=O)[O-])c2Br)c(C(=O)NC)n1. The van der Waals surface area contributed by atoms with Crippen LogP contribution in [0.25, 0.3) is 0 Å². The molecule has 2 rings (SSSR count). The van der Waals surface area contributed by atoms with Crippen molar-refractivity contribution < 1.29 is 14.5 Å². The molecule has 0 radical (unpaired) electrons. The van der Waals surface area contributed by atoms with Gasteiger partial charge >= 0.3 is 5.82 Å². The lowest BCUT2D eigenvalue weighted by atomic mass is 10.3. The summed E-state index contributed by atoms with van der Waals surface area (Å²) >= 11 is 2.95. The van der Waals surface area contributed by atoms with Gasteiger partial charge in [-0.1, -0.05) is 5.10 Å². The van der Waals surface area contributed by atoms with E-state index in [1.807, 2.05) is 6.92 Å². The Labute approximate surface area is 137 Å². The van der Waals surface area contributed by atoms with Crippen molar-refractivity contribution in [3.8, 4) is 0 Å². The minimum absolute atomic E-state index is 0.0313. The summed E-state index contributed by atoms with van der Waals surface area (Å²) in [6, 6.07) is 0. The first kappa shape index (κ1) is 16.6. The second-order valence-corrected chi connectivity index (χ2v) is 5.07. The number of nitrogens with one attached hydrogen (secondary N) is 3. The maximum absolute atomic E-state index is 12.2. The number of hydrogen-bond acceptors (Lipinski definition) is 6. The molecule has 122 valence electrons. The van der Waals surface area contributed by atoms with Gasteiger partial charge in [-0.25, -0.2) is 0 Å². The first-order valence-corrected chi connectivity index (χ1v) is 7.17. The fraction of sp³-hybridized carbons (Fsp3) is 0.273. The van der Waals surface area contributed by atoms with Crippen molar-refractivity contribution >= 4 is 39.2 Å². The number of nitrogens with zero attached hydrogens (tertiary/aromatic N) is 4. The summed E-state index contributed by atoms with van der Waals surface area (Å²) in [5, 5.41) is 25.4. The molecular formula is C11H12BrN7O4. The van der Waals surface area contributed by atoms with Crippen LogP contribution in [-0.2, 0) is 6.54 Å². The normalized spacial score (nSPS) is 10.4. The zero-order valence-electron chi connectivity index (χ0n) is 12.1. The Balaban J connectivity index is 2.32. The molecular weight excluding hydrogens is 374 g/mol. The number of H-pyrrole nitrogens is 1. The molecule has 0 saturated carbocycles. The van der Waals surface area contributed by atoms with Crippen LogP contribution < -0.4 is 10.6 Å². The Hall–Kier alpha value is -2.76. The largest absolute Gasteiger partial charge is 0.358 e. The fourth-order valence-electron chi connectivity index (χ4n) is 1.73. The average molecular weight is 386 g/mol. The summed E-state index contributed by atoms with van der Waals surface area (Å²) in [7, 11) is 1.44.